The zero-order valence-corrected chi connectivity index (χ0v) is 12.1. The Balaban J connectivity index is 2.70. The van der Waals surface area contributed by atoms with Crippen LogP contribution in [0, 0.1) is 0 Å². The summed E-state index contributed by atoms with van der Waals surface area (Å²) in [6.07, 6.45) is 3.09. The van der Waals surface area contributed by atoms with E-state index in [4.69, 9.17) is 0 Å². The van der Waals surface area contributed by atoms with Crippen molar-refractivity contribution in [3.8, 4) is 0 Å². The van der Waals surface area contributed by atoms with Crippen molar-refractivity contribution in [2.75, 3.05) is 18.1 Å². The Morgan fingerprint density at radius 2 is 1.95 bits per heavy atom. The average Bonchev–Trinajstić information content (AvgIpc) is 2.30. The summed E-state index contributed by atoms with van der Waals surface area (Å²) in [5, 5.41) is 5.40. The molecule has 5 nitrogen and oxygen atoms in total. The van der Waals surface area contributed by atoms with Crippen molar-refractivity contribution in [2.45, 2.75) is 25.5 Å². The molecule has 0 aliphatic carbocycles. The van der Waals surface area contributed by atoms with Crippen molar-refractivity contribution in [3.63, 3.8) is 0 Å². The second-order valence-electron chi connectivity index (χ2n) is 4.46. The van der Waals surface area contributed by atoms with Crippen LogP contribution in [0.1, 0.15) is 25.3 Å². The van der Waals surface area contributed by atoms with Crippen LogP contribution in [0.3, 0.4) is 0 Å². The quantitative estimate of drug-likeness (QED) is 0.786. The first-order valence-corrected chi connectivity index (χ1v) is 8.29. The van der Waals surface area contributed by atoms with Gasteiger partial charge in [0.05, 0.1) is 5.75 Å². The van der Waals surface area contributed by atoms with E-state index in [0.717, 1.165) is 12.8 Å². The Morgan fingerprint density at radius 3 is 2.58 bits per heavy atom. The van der Waals surface area contributed by atoms with Gasteiger partial charge in [-0.3, -0.25) is 0 Å². The first-order chi connectivity index (χ1) is 8.92. The Kier molecular flexibility index (Phi) is 5.82. The lowest BCUT2D eigenvalue weighted by molar-refractivity contribution is 0.252. The lowest BCUT2D eigenvalue weighted by atomic mass is 10.2. The number of benzene rings is 1. The molecule has 0 radical (unpaired) electrons. The largest absolute Gasteiger partial charge is 0.338 e. The van der Waals surface area contributed by atoms with Crippen LogP contribution in [0.2, 0.25) is 0 Å². The SMILES string of the molecule is CCCCNC(=O)Nc1ccccc1CS(C)(=O)=O. The molecule has 0 aliphatic rings. The monoisotopic (exact) mass is 284 g/mol. The molecule has 0 spiro atoms. The Morgan fingerprint density at radius 1 is 1.26 bits per heavy atom. The van der Waals surface area contributed by atoms with Gasteiger partial charge in [-0.2, -0.15) is 0 Å². The number of hydrogen-bond acceptors (Lipinski definition) is 3. The third-order valence-electron chi connectivity index (χ3n) is 2.50. The average molecular weight is 284 g/mol. The number of carbonyl (C=O) groups excluding carboxylic acids is 1. The maximum atomic E-state index is 11.6. The van der Waals surface area contributed by atoms with Gasteiger partial charge < -0.3 is 10.6 Å². The molecule has 2 amide bonds. The van der Waals surface area contributed by atoms with E-state index >= 15 is 0 Å². The molecule has 0 bridgehead atoms. The molecular weight excluding hydrogens is 264 g/mol. The summed E-state index contributed by atoms with van der Waals surface area (Å²) < 4.78 is 22.6. The normalized spacial score (nSPS) is 11.1. The molecule has 19 heavy (non-hydrogen) atoms. The van der Waals surface area contributed by atoms with Gasteiger partial charge in [-0.05, 0) is 18.1 Å². The molecule has 0 aromatic heterocycles. The molecule has 1 rings (SSSR count). The van der Waals surface area contributed by atoms with Crippen molar-refractivity contribution in [2.24, 2.45) is 0 Å². The number of unbranched alkanes of at least 4 members (excludes halogenated alkanes) is 1. The zero-order valence-electron chi connectivity index (χ0n) is 11.3. The molecule has 0 atom stereocenters. The van der Waals surface area contributed by atoms with Crippen molar-refractivity contribution in [3.05, 3.63) is 29.8 Å². The van der Waals surface area contributed by atoms with Crippen LogP contribution in [0.25, 0.3) is 0 Å². The number of amides is 2. The number of para-hydroxylation sites is 1. The van der Waals surface area contributed by atoms with E-state index in [9.17, 15) is 13.2 Å². The fraction of sp³-hybridized carbons (Fsp3) is 0.462. The number of urea groups is 1. The van der Waals surface area contributed by atoms with Gasteiger partial charge in [0.1, 0.15) is 0 Å². The van der Waals surface area contributed by atoms with E-state index in [2.05, 4.69) is 10.6 Å². The Hall–Kier alpha value is -1.56. The topological polar surface area (TPSA) is 75.3 Å². The van der Waals surface area contributed by atoms with Gasteiger partial charge in [-0.1, -0.05) is 31.5 Å². The van der Waals surface area contributed by atoms with Gasteiger partial charge in [0.25, 0.3) is 0 Å². The van der Waals surface area contributed by atoms with Gasteiger partial charge >= 0.3 is 6.03 Å². The smallest absolute Gasteiger partial charge is 0.319 e. The highest BCUT2D eigenvalue weighted by atomic mass is 32.2. The highest BCUT2D eigenvalue weighted by Crippen LogP contribution is 2.17. The van der Waals surface area contributed by atoms with Crippen LogP contribution in [0.15, 0.2) is 24.3 Å². The molecule has 0 saturated heterocycles. The van der Waals surface area contributed by atoms with Crippen molar-refractivity contribution < 1.29 is 13.2 Å². The fourth-order valence-electron chi connectivity index (χ4n) is 1.60. The minimum absolute atomic E-state index is 0.0849. The van der Waals surface area contributed by atoms with Gasteiger partial charge in [0, 0.05) is 18.5 Å². The Bertz CT molecular complexity index is 526. The molecule has 1 aromatic rings. The van der Waals surface area contributed by atoms with Crippen molar-refractivity contribution >= 4 is 21.6 Å². The molecule has 6 heteroatoms. The van der Waals surface area contributed by atoms with E-state index in [1.54, 1.807) is 24.3 Å². The number of hydrogen-bond donors (Lipinski definition) is 2. The standard InChI is InChI=1S/C13H20N2O3S/c1-3-4-9-14-13(16)15-12-8-6-5-7-11(12)10-19(2,17)18/h5-8H,3-4,9-10H2,1-2H3,(H2,14,15,16). The summed E-state index contributed by atoms with van der Waals surface area (Å²) in [7, 11) is -3.13. The molecule has 106 valence electrons. The minimum Gasteiger partial charge on any atom is -0.338 e. The zero-order chi connectivity index (χ0) is 14.3. The number of anilines is 1. The summed E-state index contributed by atoms with van der Waals surface area (Å²) in [6, 6.07) is 6.59. The van der Waals surface area contributed by atoms with Crippen LogP contribution >= 0.6 is 0 Å². The number of nitrogens with one attached hydrogen (secondary N) is 2. The highest BCUT2D eigenvalue weighted by molar-refractivity contribution is 7.89. The van der Waals surface area contributed by atoms with Gasteiger partial charge in [-0.25, -0.2) is 13.2 Å². The summed E-state index contributed by atoms with van der Waals surface area (Å²) in [5.74, 6) is -0.0849. The van der Waals surface area contributed by atoms with Crippen molar-refractivity contribution in [1.82, 2.24) is 5.32 Å². The van der Waals surface area contributed by atoms with E-state index in [1.807, 2.05) is 6.92 Å². The fourth-order valence-corrected chi connectivity index (χ4v) is 2.41. The van der Waals surface area contributed by atoms with E-state index in [-0.39, 0.29) is 11.8 Å². The maximum absolute atomic E-state index is 11.6. The van der Waals surface area contributed by atoms with Gasteiger partial charge in [-0.15, -0.1) is 0 Å². The van der Waals surface area contributed by atoms with Crippen LogP contribution in [0.4, 0.5) is 10.5 Å². The maximum Gasteiger partial charge on any atom is 0.319 e. The van der Waals surface area contributed by atoms with Crippen LogP contribution in [-0.2, 0) is 15.6 Å². The summed E-state index contributed by atoms with van der Waals surface area (Å²) >= 11 is 0. The number of rotatable bonds is 6. The molecule has 0 unspecified atom stereocenters. The molecule has 0 saturated carbocycles. The van der Waals surface area contributed by atoms with Gasteiger partial charge in [0.15, 0.2) is 9.84 Å². The van der Waals surface area contributed by atoms with Crippen molar-refractivity contribution in [1.29, 1.82) is 0 Å². The van der Waals surface area contributed by atoms with Gasteiger partial charge in [0.2, 0.25) is 0 Å². The van der Waals surface area contributed by atoms with Crippen LogP contribution < -0.4 is 10.6 Å². The van der Waals surface area contributed by atoms with Crippen LogP contribution in [0.5, 0.6) is 0 Å². The first kappa shape index (κ1) is 15.5. The molecule has 2 N–H and O–H groups in total. The lowest BCUT2D eigenvalue weighted by Crippen LogP contribution is -2.29. The summed E-state index contributed by atoms with van der Waals surface area (Å²) in [5.41, 5.74) is 1.12. The molecule has 0 fully saturated rings. The van der Waals surface area contributed by atoms with Crippen LogP contribution in [-0.4, -0.2) is 27.2 Å². The second kappa shape index (κ2) is 7.13. The predicted molar refractivity (Wildman–Crippen MR) is 76.9 cm³/mol. The lowest BCUT2D eigenvalue weighted by Gasteiger charge is -2.11. The molecule has 0 heterocycles. The molecule has 0 aliphatic heterocycles. The molecule has 1 aromatic carbocycles. The molecular formula is C13H20N2O3S. The van der Waals surface area contributed by atoms with E-state index < -0.39 is 9.84 Å². The second-order valence-corrected chi connectivity index (χ2v) is 6.60. The summed E-state index contributed by atoms with van der Waals surface area (Å²) in [4.78, 5) is 11.6. The summed E-state index contributed by atoms with van der Waals surface area (Å²) in [6.45, 7) is 2.65. The Labute approximate surface area is 114 Å². The minimum atomic E-state index is -3.13. The first-order valence-electron chi connectivity index (χ1n) is 6.23. The third kappa shape index (κ3) is 6.24. The van der Waals surface area contributed by atoms with E-state index in [1.165, 1.54) is 6.26 Å². The highest BCUT2D eigenvalue weighted by Gasteiger charge is 2.10. The third-order valence-corrected chi connectivity index (χ3v) is 3.33. The van der Waals surface area contributed by atoms with E-state index in [0.29, 0.717) is 17.8 Å². The predicted octanol–water partition coefficient (Wildman–Crippen LogP) is 2.15. The number of sulfone groups is 1. The number of carbonyl (C=O) groups is 1.